The molecule has 0 aliphatic rings. The van der Waals surface area contributed by atoms with Gasteiger partial charge in [0.25, 0.3) is 0 Å². The number of hydrogen-bond acceptors (Lipinski definition) is 5. The van der Waals surface area contributed by atoms with Gasteiger partial charge in [-0.1, -0.05) is 30.3 Å². The molecule has 0 saturated heterocycles. The molecule has 31 heavy (non-hydrogen) atoms. The number of hydrogen-bond donors (Lipinski definition) is 2. The van der Waals surface area contributed by atoms with Crippen molar-refractivity contribution in [1.82, 2.24) is 9.97 Å². The molecular formula is C22H22F4N4O. The number of benzene rings is 2. The van der Waals surface area contributed by atoms with Gasteiger partial charge in [0.2, 0.25) is 5.95 Å². The lowest BCUT2D eigenvalue weighted by molar-refractivity contribution is -0.274. The molecule has 2 aromatic carbocycles. The molecule has 0 bridgehead atoms. The second kappa shape index (κ2) is 8.79. The van der Waals surface area contributed by atoms with Gasteiger partial charge in [-0.3, -0.25) is 0 Å². The largest absolute Gasteiger partial charge is 0.573 e. The third-order valence-electron chi connectivity index (χ3n) is 3.99. The number of aromatic nitrogens is 2. The van der Waals surface area contributed by atoms with Crippen molar-refractivity contribution < 1.29 is 22.3 Å². The van der Waals surface area contributed by atoms with Crippen molar-refractivity contribution in [3.8, 4) is 17.0 Å². The highest BCUT2D eigenvalue weighted by molar-refractivity contribution is 5.66. The van der Waals surface area contributed by atoms with Crippen LogP contribution in [0.25, 0.3) is 11.3 Å². The molecule has 0 amide bonds. The minimum atomic E-state index is -4.80. The van der Waals surface area contributed by atoms with Gasteiger partial charge in [-0.2, -0.15) is 4.98 Å². The highest BCUT2D eigenvalue weighted by atomic mass is 19.4. The summed E-state index contributed by atoms with van der Waals surface area (Å²) in [6.45, 7) is 5.95. The SMILES string of the molecule is CC(C)(C)Nc1nc(NCc2ccccc2F)cc(-c2cccc(OC(F)(F)F)c2)n1. The summed E-state index contributed by atoms with van der Waals surface area (Å²) in [5, 5.41) is 6.20. The van der Waals surface area contributed by atoms with E-state index in [0.29, 0.717) is 22.6 Å². The van der Waals surface area contributed by atoms with E-state index in [1.54, 1.807) is 30.3 Å². The topological polar surface area (TPSA) is 59.1 Å². The van der Waals surface area contributed by atoms with E-state index in [9.17, 15) is 17.6 Å². The summed E-state index contributed by atoms with van der Waals surface area (Å²) in [6.07, 6.45) is -4.80. The lowest BCUT2D eigenvalue weighted by Crippen LogP contribution is -2.27. The molecule has 0 spiro atoms. The molecule has 0 atom stereocenters. The Morgan fingerprint density at radius 2 is 1.68 bits per heavy atom. The third kappa shape index (κ3) is 6.84. The Hall–Kier alpha value is -3.36. The van der Waals surface area contributed by atoms with E-state index in [0.717, 1.165) is 0 Å². The van der Waals surface area contributed by atoms with Gasteiger partial charge in [0.1, 0.15) is 17.4 Å². The van der Waals surface area contributed by atoms with Crippen LogP contribution in [0.1, 0.15) is 26.3 Å². The summed E-state index contributed by atoms with van der Waals surface area (Å²) in [4.78, 5) is 8.83. The second-order valence-corrected chi connectivity index (χ2v) is 7.86. The number of alkyl halides is 3. The maximum atomic E-state index is 13.9. The standard InChI is InChI=1S/C22H22F4N4O/c1-21(2,3)30-20-28-18(14-8-6-9-16(11-14)31-22(24,25)26)12-19(29-20)27-13-15-7-4-5-10-17(15)23/h4-12H,13H2,1-3H3,(H2,27,28,29,30). The molecule has 0 fully saturated rings. The first kappa shape index (κ1) is 22.3. The number of halogens is 4. The molecule has 3 aromatic rings. The van der Waals surface area contributed by atoms with Gasteiger partial charge in [-0.05, 0) is 39.0 Å². The summed E-state index contributed by atoms with van der Waals surface area (Å²) in [5.74, 6) is -0.0329. The molecule has 1 heterocycles. The maximum absolute atomic E-state index is 13.9. The molecule has 164 valence electrons. The Balaban J connectivity index is 1.94. The average molecular weight is 434 g/mol. The first-order valence-electron chi connectivity index (χ1n) is 9.49. The van der Waals surface area contributed by atoms with Crippen LogP contribution in [0.5, 0.6) is 5.75 Å². The van der Waals surface area contributed by atoms with Gasteiger partial charge >= 0.3 is 6.36 Å². The van der Waals surface area contributed by atoms with Crippen molar-refractivity contribution in [2.45, 2.75) is 39.2 Å². The van der Waals surface area contributed by atoms with Gasteiger partial charge in [0.15, 0.2) is 0 Å². The van der Waals surface area contributed by atoms with Crippen LogP contribution in [0.3, 0.4) is 0 Å². The number of anilines is 2. The molecule has 0 saturated carbocycles. The smallest absolute Gasteiger partial charge is 0.406 e. The van der Waals surface area contributed by atoms with Crippen molar-refractivity contribution >= 4 is 11.8 Å². The maximum Gasteiger partial charge on any atom is 0.573 e. The quantitative estimate of drug-likeness (QED) is 0.466. The zero-order valence-corrected chi connectivity index (χ0v) is 17.2. The number of nitrogens with zero attached hydrogens (tertiary/aromatic N) is 2. The van der Waals surface area contributed by atoms with Crippen molar-refractivity contribution in [2.24, 2.45) is 0 Å². The summed E-state index contributed by atoms with van der Waals surface area (Å²) in [6, 6.07) is 13.4. The zero-order chi connectivity index (χ0) is 22.6. The van der Waals surface area contributed by atoms with Crippen molar-refractivity contribution in [1.29, 1.82) is 0 Å². The molecule has 1 aromatic heterocycles. The van der Waals surface area contributed by atoms with Crippen molar-refractivity contribution in [2.75, 3.05) is 10.6 Å². The Kier molecular flexibility index (Phi) is 6.33. The third-order valence-corrected chi connectivity index (χ3v) is 3.99. The number of nitrogens with one attached hydrogen (secondary N) is 2. The van der Waals surface area contributed by atoms with Gasteiger partial charge in [0.05, 0.1) is 5.69 Å². The zero-order valence-electron chi connectivity index (χ0n) is 17.2. The van der Waals surface area contributed by atoms with E-state index < -0.39 is 6.36 Å². The van der Waals surface area contributed by atoms with Crippen LogP contribution in [-0.2, 0) is 6.54 Å². The molecule has 0 aliphatic carbocycles. The van der Waals surface area contributed by atoms with E-state index in [4.69, 9.17) is 0 Å². The fraction of sp³-hybridized carbons (Fsp3) is 0.273. The molecule has 0 aliphatic heterocycles. The van der Waals surface area contributed by atoms with Crippen LogP contribution in [0.4, 0.5) is 29.3 Å². The Morgan fingerprint density at radius 3 is 2.35 bits per heavy atom. The molecule has 9 heteroatoms. The van der Waals surface area contributed by atoms with E-state index in [1.165, 1.54) is 24.3 Å². The van der Waals surface area contributed by atoms with Crippen molar-refractivity contribution in [3.05, 3.63) is 66.0 Å². The molecule has 2 N–H and O–H groups in total. The van der Waals surface area contributed by atoms with E-state index >= 15 is 0 Å². The van der Waals surface area contributed by atoms with E-state index in [1.807, 2.05) is 20.8 Å². The molecule has 5 nitrogen and oxygen atoms in total. The minimum Gasteiger partial charge on any atom is -0.406 e. The highest BCUT2D eigenvalue weighted by Crippen LogP contribution is 2.29. The fourth-order valence-corrected chi connectivity index (χ4v) is 2.76. The van der Waals surface area contributed by atoms with Crippen LogP contribution < -0.4 is 15.4 Å². The Morgan fingerprint density at radius 1 is 0.935 bits per heavy atom. The van der Waals surface area contributed by atoms with Crippen LogP contribution in [0.15, 0.2) is 54.6 Å². The van der Waals surface area contributed by atoms with Crippen LogP contribution in [-0.4, -0.2) is 21.9 Å². The predicted molar refractivity (Wildman–Crippen MR) is 111 cm³/mol. The molecule has 0 radical (unpaired) electrons. The van der Waals surface area contributed by atoms with Crippen LogP contribution in [0.2, 0.25) is 0 Å². The summed E-state index contributed by atoms with van der Waals surface area (Å²) in [7, 11) is 0. The molecule has 3 rings (SSSR count). The van der Waals surface area contributed by atoms with E-state index in [2.05, 4.69) is 25.3 Å². The van der Waals surface area contributed by atoms with Gasteiger partial charge in [-0.15, -0.1) is 13.2 Å². The Labute approximate surface area is 177 Å². The summed E-state index contributed by atoms with van der Waals surface area (Å²) < 4.78 is 55.7. The van der Waals surface area contributed by atoms with Crippen molar-refractivity contribution in [3.63, 3.8) is 0 Å². The Bertz CT molecular complexity index is 1050. The van der Waals surface area contributed by atoms with Gasteiger partial charge in [0, 0.05) is 29.3 Å². The predicted octanol–water partition coefficient (Wildman–Crippen LogP) is 6.00. The van der Waals surface area contributed by atoms with Crippen LogP contribution >= 0.6 is 0 Å². The second-order valence-electron chi connectivity index (χ2n) is 7.86. The first-order chi connectivity index (χ1) is 14.5. The fourth-order valence-electron chi connectivity index (χ4n) is 2.76. The normalized spacial score (nSPS) is 11.8. The van der Waals surface area contributed by atoms with Gasteiger partial charge < -0.3 is 15.4 Å². The average Bonchev–Trinajstić information content (AvgIpc) is 2.65. The minimum absolute atomic E-state index is 0.176. The number of ether oxygens (including phenoxy) is 1. The van der Waals surface area contributed by atoms with Gasteiger partial charge in [-0.25, -0.2) is 9.37 Å². The summed E-state index contributed by atoms with van der Waals surface area (Å²) >= 11 is 0. The van der Waals surface area contributed by atoms with E-state index in [-0.39, 0.29) is 29.6 Å². The summed E-state index contributed by atoms with van der Waals surface area (Å²) in [5.41, 5.74) is 0.886. The lowest BCUT2D eigenvalue weighted by atomic mass is 10.1. The monoisotopic (exact) mass is 434 g/mol. The highest BCUT2D eigenvalue weighted by Gasteiger charge is 2.31. The molecule has 0 unspecified atom stereocenters. The lowest BCUT2D eigenvalue weighted by Gasteiger charge is -2.21. The van der Waals surface area contributed by atoms with Crippen LogP contribution in [0, 0.1) is 5.82 Å². The molecular weight excluding hydrogens is 412 g/mol. The first-order valence-corrected chi connectivity index (χ1v) is 9.49. The number of rotatable bonds is 6.